The van der Waals surface area contributed by atoms with Crippen LogP contribution in [0.5, 0.6) is 5.75 Å². The van der Waals surface area contributed by atoms with Crippen molar-refractivity contribution in [3.8, 4) is 5.75 Å². The summed E-state index contributed by atoms with van der Waals surface area (Å²) < 4.78 is 33.8. The smallest absolute Gasteiger partial charge is 0.285 e. The van der Waals surface area contributed by atoms with Crippen molar-refractivity contribution < 1.29 is 17.9 Å². The molecule has 0 unspecified atom stereocenters. The summed E-state index contributed by atoms with van der Waals surface area (Å²) in [5.41, 5.74) is 1.69. The predicted molar refractivity (Wildman–Crippen MR) is 119 cm³/mol. The van der Waals surface area contributed by atoms with Gasteiger partial charge in [0.15, 0.2) is 5.84 Å². The van der Waals surface area contributed by atoms with E-state index in [0.717, 1.165) is 5.75 Å². The van der Waals surface area contributed by atoms with Crippen LogP contribution in [0.25, 0.3) is 0 Å². The average molecular weight is 436 g/mol. The van der Waals surface area contributed by atoms with Gasteiger partial charge in [0.05, 0.1) is 6.54 Å². The molecule has 1 aliphatic heterocycles. The molecule has 8 heteroatoms. The molecule has 0 aliphatic carbocycles. The lowest BCUT2D eigenvalue weighted by Gasteiger charge is -2.18. The molecule has 31 heavy (non-hydrogen) atoms. The van der Waals surface area contributed by atoms with E-state index in [-0.39, 0.29) is 16.6 Å². The van der Waals surface area contributed by atoms with Crippen molar-refractivity contribution in [3.05, 3.63) is 90.0 Å². The second kappa shape index (κ2) is 8.61. The van der Waals surface area contributed by atoms with E-state index in [4.69, 9.17) is 4.74 Å². The third-order valence-electron chi connectivity index (χ3n) is 4.81. The monoisotopic (exact) mass is 435 g/mol. The number of benzene rings is 3. The minimum absolute atomic E-state index is 0.130. The number of para-hydroxylation sites is 1. The lowest BCUT2D eigenvalue weighted by molar-refractivity contribution is 0.0774. The molecule has 1 amide bonds. The molecule has 0 saturated heterocycles. The van der Waals surface area contributed by atoms with Crippen molar-refractivity contribution in [3.63, 3.8) is 0 Å². The van der Waals surface area contributed by atoms with E-state index in [0.29, 0.717) is 30.0 Å². The summed E-state index contributed by atoms with van der Waals surface area (Å²) in [6, 6.07) is 22.9. The number of amides is 1. The largest absolute Gasteiger partial charge is 0.492 e. The molecule has 0 atom stereocenters. The van der Waals surface area contributed by atoms with E-state index in [1.54, 1.807) is 54.4 Å². The van der Waals surface area contributed by atoms with E-state index in [1.165, 1.54) is 6.07 Å². The molecule has 7 nitrogen and oxygen atoms in total. The normalized spacial score (nSPS) is 13.8. The van der Waals surface area contributed by atoms with Crippen LogP contribution in [0, 0.1) is 0 Å². The number of hydrogen-bond acceptors (Lipinski definition) is 5. The molecule has 0 saturated carbocycles. The van der Waals surface area contributed by atoms with Gasteiger partial charge >= 0.3 is 0 Å². The summed E-state index contributed by atoms with van der Waals surface area (Å²) in [5.74, 6) is 0.899. The van der Waals surface area contributed by atoms with E-state index >= 15 is 0 Å². The zero-order valence-corrected chi connectivity index (χ0v) is 17.7. The highest BCUT2D eigenvalue weighted by atomic mass is 32.2. The summed E-state index contributed by atoms with van der Waals surface area (Å²) in [6.07, 6.45) is 0. The number of likely N-dealkylation sites (N-methyl/N-ethyl adjacent to an activating group) is 1. The Hall–Kier alpha value is -3.65. The second-order valence-electron chi connectivity index (χ2n) is 7.00. The standard InChI is InChI=1S/C23H21N3O4S/c1-26(15-16-30-19-7-3-2-4-8-19)23(27)17-11-13-18(14-12-17)24-22-20-9-5-6-10-21(20)31(28,29)25-22/h2-14H,15-16H2,1H3,(H,24,25). The Labute approximate surface area is 181 Å². The number of nitrogens with one attached hydrogen (secondary N) is 1. The first-order chi connectivity index (χ1) is 14.9. The zero-order chi connectivity index (χ0) is 21.8. The van der Waals surface area contributed by atoms with Crippen molar-refractivity contribution in [1.82, 2.24) is 4.90 Å². The number of fused-ring (bicyclic) bond motifs is 1. The van der Waals surface area contributed by atoms with Crippen LogP contribution in [0.1, 0.15) is 15.9 Å². The summed E-state index contributed by atoms with van der Waals surface area (Å²) >= 11 is 0. The van der Waals surface area contributed by atoms with Crippen LogP contribution in [0.4, 0.5) is 5.69 Å². The van der Waals surface area contributed by atoms with Gasteiger partial charge < -0.3 is 15.0 Å². The number of nitrogens with zero attached hydrogens (tertiary/aromatic N) is 2. The first-order valence-electron chi connectivity index (χ1n) is 9.69. The molecule has 3 aromatic carbocycles. The second-order valence-corrected chi connectivity index (χ2v) is 8.57. The van der Waals surface area contributed by atoms with Crippen molar-refractivity contribution in [2.75, 3.05) is 25.5 Å². The van der Waals surface area contributed by atoms with Crippen LogP contribution in [-0.2, 0) is 10.0 Å². The number of sulfonamides is 1. The van der Waals surface area contributed by atoms with Crippen LogP contribution in [0.3, 0.4) is 0 Å². The zero-order valence-electron chi connectivity index (χ0n) is 16.9. The fraction of sp³-hybridized carbons (Fsp3) is 0.130. The van der Waals surface area contributed by atoms with Gasteiger partial charge in [-0.05, 0) is 48.5 Å². The van der Waals surface area contributed by atoms with E-state index in [1.807, 2.05) is 30.3 Å². The Morgan fingerprint density at radius 2 is 1.65 bits per heavy atom. The maximum Gasteiger partial charge on any atom is 0.285 e. The van der Waals surface area contributed by atoms with Gasteiger partial charge in [0.2, 0.25) is 0 Å². The Bertz CT molecular complexity index is 1220. The van der Waals surface area contributed by atoms with Gasteiger partial charge in [0, 0.05) is 23.9 Å². The first-order valence-corrected chi connectivity index (χ1v) is 11.1. The minimum atomic E-state index is -3.68. The minimum Gasteiger partial charge on any atom is -0.492 e. The highest BCUT2D eigenvalue weighted by molar-refractivity contribution is 7.90. The molecule has 4 rings (SSSR count). The molecule has 1 aliphatic rings. The average Bonchev–Trinajstić information content (AvgIpc) is 3.04. The molecule has 0 bridgehead atoms. The van der Waals surface area contributed by atoms with Crippen LogP contribution in [0.15, 0.2) is 88.2 Å². The van der Waals surface area contributed by atoms with E-state index < -0.39 is 10.0 Å². The molecular formula is C23H21N3O4S. The fourth-order valence-corrected chi connectivity index (χ4v) is 4.34. The number of ether oxygens (including phenoxy) is 1. The van der Waals surface area contributed by atoms with Gasteiger partial charge in [-0.3, -0.25) is 4.79 Å². The molecular weight excluding hydrogens is 414 g/mol. The Morgan fingerprint density at radius 1 is 0.968 bits per heavy atom. The third-order valence-corrected chi connectivity index (χ3v) is 6.15. The number of amidine groups is 1. The maximum atomic E-state index is 12.6. The molecule has 0 fully saturated rings. The fourth-order valence-electron chi connectivity index (χ4n) is 3.17. The number of carbonyl (C=O) groups is 1. The number of hydrogen-bond donors (Lipinski definition) is 1. The number of carbonyl (C=O) groups excluding carboxylic acids is 1. The molecule has 1 heterocycles. The highest BCUT2D eigenvalue weighted by Crippen LogP contribution is 2.26. The summed E-state index contributed by atoms with van der Waals surface area (Å²) in [6.45, 7) is 0.832. The molecule has 0 spiro atoms. The predicted octanol–water partition coefficient (Wildman–Crippen LogP) is 3.40. The van der Waals surface area contributed by atoms with Gasteiger partial charge in [-0.2, -0.15) is 8.42 Å². The van der Waals surface area contributed by atoms with Crippen LogP contribution < -0.4 is 10.1 Å². The Balaban J connectivity index is 1.37. The molecule has 158 valence electrons. The Kier molecular flexibility index (Phi) is 5.73. The van der Waals surface area contributed by atoms with Gasteiger partial charge in [0.25, 0.3) is 15.9 Å². The quantitative estimate of drug-likeness (QED) is 0.641. The number of rotatable bonds is 6. The first kappa shape index (κ1) is 20.6. The van der Waals surface area contributed by atoms with Crippen LogP contribution >= 0.6 is 0 Å². The third kappa shape index (κ3) is 4.59. The lowest BCUT2D eigenvalue weighted by atomic mass is 10.1. The highest BCUT2D eigenvalue weighted by Gasteiger charge is 2.28. The summed E-state index contributed by atoms with van der Waals surface area (Å²) in [5, 5.41) is 3.03. The maximum absolute atomic E-state index is 12.6. The van der Waals surface area contributed by atoms with Gasteiger partial charge in [-0.15, -0.1) is 4.40 Å². The molecule has 3 aromatic rings. The van der Waals surface area contributed by atoms with Gasteiger partial charge in [-0.25, -0.2) is 0 Å². The van der Waals surface area contributed by atoms with E-state index in [2.05, 4.69) is 9.71 Å². The topological polar surface area (TPSA) is 88.1 Å². The molecule has 0 aromatic heterocycles. The number of anilines is 1. The van der Waals surface area contributed by atoms with Crippen LogP contribution in [-0.4, -0.2) is 45.3 Å². The Morgan fingerprint density at radius 3 is 2.39 bits per heavy atom. The van der Waals surface area contributed by atoms with Crippen molar-refractivity contribution in [1.29, 1.82) is 0 Å². The van der Waals surface area contributed by atoms with Crippen molar-refractivity contribution in [2.45, 2.75) is 4.90 Å². The van der Waals surface area contributed by atoms with Gasteiger partial charge in [-0.1, -0.05) is 30.3 Å². The van der Waals surface area contributed by atoms with E-state index in [9.17, 15) is 13.2 Å². The van der Waals surface area contributed by atoms with Crippen molar-refractivity contribution >= 4 is 27.5 Å². The van der Waals surface area contributed by atoms with Crippen molar-refractivity contribution in [2.24, 2.45) is 4.40 Å². The van der Waals surface area contributed by atoms with Crippen LogP contribution in [0.2, 0.25) is 0 Å². The molecule has 1 N–H and O–H groups in total. The SMILES string of the molecule is CN(CCOc1ccccc1)C(=O)c1ccc(NC2=NS(=O)(=O)c3ccccc32)cc1. The summed E-state index contributed by atoms with van der Waals surface area (Å²) in [4.78, 5) is 14.4. The van der Waals surface area contributed by atoms with Gasteiger partial charge in [0.1, 0.15) is 17.3 Å². The molecule has 0 radical (unpaired) electrons. The lowest BCUT2D eigenvalue weighted by Crippen LogP contribution is -2.30. The summed E-state index contributed by atoms with van der Waals surface area (Å²) in [7, 11) is -1.96.